The molecule has 0 spiro atoms. The molecule has 0 amide bonds. The Bertz CT molecular complexity index is 750. The van der Waals surface area contributed by atoms with Gasteiger partial charge in [-0.3, -0.25) is 0 Å². The lowest BCUT2D eigenvalue weighted by atomic mass is 10.2. The third-order valence-corrected chi connectivity index (χ3v) is 2.88. The molecular weight excluding hydrogens is 378 g/mol. The molecule has 0 aliphatic heterocycles. The molecule has 0 aliphatic carbocycles. The third-order valence-electron chi connectivity index (χ3n) is 2.44. The van der Waals surface area contributed by atoms with Crippen molar-refractivity contribution < 1.29 is 20.5 Å². The summed E-state index contributed by atoms with van der Waals surface area (Å²) >= 11 is 3.14. The van der Waals surface area contributed by atoms with E-state index in [-0.39, 0.29) is 20.5 Å². The van der Waals surface area contributed by atoms with Gasteiger partial charge in [0.05, 0.1) is 25.3 Å². The molecule has 24 heavy (non-hydrogen) atoms. The van der Waals surface area contributed by atoms with Gasteiger partial charge in [0, 0.05) is 13.8 Å². The number of pyridine rings is 2. The second kappa shape index (κ2) is 10.9. The highest BCUT2D eigenvalue weighted by Gasteiger charge is 2.05. The minimum atomic E-state index is -0.464. The SMILES string of the molecule is C.COC(=O)c1ccnc(Br)c1.COC(=O)c1ccnc(C#N)c1.[2HH]. The lowest BCUT2D eigenvalue weighted by Gasteiger charge is -1.97. The molecule has 2 aromatic rings. The number of carbonyl (C=O) groups excluding carboxylic acids is 2. The summed E-state index contributed by atoms with van der Waals surface area (Å²) in [5.41, 5.74) is 1.04. The smallest absolute Gasteiger partial charge is 0.338 e. The van der Waals surface area contributed by atoms with Crippen molar-refractivity contribution in [3.8, 4) is 6.07 Å². The van der Waals surface area contributed by atoms with E-state index in [9.17, 15) is 9.59 Å². The van der Waals surface area contributed by atoms with Crippen LogP contribution in [0.1, 0.15) is 35.3 Å². The zero-order valence-electron chi connectivity index (χ0n) is 12.3. The number of ether oxygens (including phenoxy) is 2. The van der Waals surface area contributed by atoms with Crippen LogP contribution >= 0.6 is 15.9 Å². The fourth-order valence-electron chi connectivity index (χ4n) is 1.38. The predicted octanol–water partition coefficient (Wildman–Crippen LogP) is 3.25. The fraction of sp³-hybridized carbons (Fsp3) is 0.188. The van der Waals surface area contributed by atoms with Gasteiger partial charge in [-0.05, 0) is 40.2 Å². The molecule has 2 rings (SSSR count). The molecule has 0 aromatic carbocycles. The number of aromatic nitrogens is 2. The van der Waals surface area contributed by atoms with Crippen LogP contribution in [0.15, 0.2) is 41.3 Å². The van der Waals surface area contributed by atoms with Crippen LogP contribution in [0.25, 0.3) is 0 Å². The van der Waals surface area contributed by atoms with Crippen LogP contribution in [0, 0.1) is 11.3 Å². The molecule has 0 fully saturated rings. The zero-order chi connectivity index (χ0) is 17.2. The fourth-order valence-corrected chi connectivity index (χ4v) is 1.75. The van der Waals surface area contributed by atoms with Crippen LogP contribution in [0.4, 0.5) is 0 Å². The molecule has 2 heterocycles. The molecule has 8 heteroatoms. The van der Waals surface area contributed by atoms with Gasteiger partial charge in [-0.2, -0.15) is 5.26 Å². The van der Waals surface area contributed by atoms with Crippen LogP contribution in [0.3, 0.4) is 0 Å². The maximum absolute atomic E-state index is 10.9. The Labute approximate surface area is 149 Å². The molecule has 128 valence electrons. The monoisotopic (exact) mass is 396 g/mol. The maximum atomic E-state index is 10.9. The molecule has 0 aliphatic rings. The van der Waals surface area contributed by atoms with Crippen LogP contribution in [0.2, 0.25) is 0 Å². The largest absolute Gasteiger partial charge is 0.465 e. The zero-order valence-corrected chi connectivity index (χ0v) is 13.9. The normalized spacial score (nSPS) is 8.58. The number of hydrogen-bond donors (Lipinski definition) is 0. The predicted molar refractivity (Wildman–Crippen MR) is 92.4 cm³/mol. The van der Waals surface area contributed by atoms with Gasteiger partial charge in [-0.1, -0.05) is 7.43 Å². The number of nitrogens with zero attached hydrogens (tertiary/aromatic N) is 3. The molecule has 2 aromatic heterocycles. The molecule has 0 saturated heterocycles. The van der Waals surface area contributed by atoms with Crippen molar-refractivity contribution in [1.82, 2.24) is 9.97 Å². The molecule has 7 nitrogen and oxygen atoms in total. The van der Waals surface area contributed by atoms with E-state index in [0.29, 0.717) is 15.7 Å². The summed E-state index contributed by atoms with van der Waals surface area (Å²) in [6.45, 7) is 0. The summed E-state index contributed by atoms with van der Waals surface area (Å²) in [4.78, 5) is 29.4. The number of rotatable bonds is 2. The van der Waals surface area contributed by atoms with E-state index in [2.05, 4.69) is 35.4 Å². The molecule has 0 unspecified atom stereocenters. The van der Waals surface area contributed by atoms with E-state index in [1.165, 1.54) is 38.7 Å². The second-order valence-corrected chi connectivity index (χ2v) is 4.70. The average molecular weight is 397 g/mol. The van der Waals surface area contributed by atoms with Crippen molar-refractivity contribution in [2.24, 2.45) is 0 Å². The first-order valence-corrected chi connectivity index (χ1v) is 6.95. The lowest BCUT2D eigenvalue weighted by Crippen LogP contribution is -2.01. The highest BCUT2D eigenvalue weighted by atomic mass is 79.9. The molecule has 0 bridgehead atoms. The van der Waals surface area contributed by atoms with E-state index in [4.69, 9.17) is 5.26 Å². The molecule has 0 radical (unpaired) electrons. The highest BCUT2D eigenvalue weighted by molar-refractivity contribution is 9.10. The summed E-state index contributed by atoms with van der Waals surface area (Å²) in [6.07, 6.45) is 2.93. The van der Waals surface area contributed by atoms with Gasteiger partial charge in [0.1, 0.15) is 16.4 Å². The summed E-state index contributed by atoms with van der Waals surface area (Å²) < 4.78 is 9.59. The van der Waals surface area contributed by atoms with Gasteiger partial charge in [0.2, 0.25) is 0 Å². The number of nitriles is 1. The van der Waals surface area contributed by atoms with Crippen LogP contribution in [-0.2, 0) is 9.47 Å². The Morgan fingerprint density at radius 1 is 1.08 bits per heavy atom. The van der Waals surface area contributed by atoms with Crippen LogP contribution < -0.4 is 0 Å². The number of esters is 2. The first-order valence-electron chi connectivity index (χ1n) is 6.16. The molecule has 0 saturated carbocycles. The molecule has 0 N–H and O–H groups in total. The standard InChI is InChI=1S/C8H6N2O2.C7H6BrNO2.CH4.H2/c1-12-8(11)6-2-3-10-7(4-6)5-9;1-11-7(10)5-2-3-9-6(8)4-5;;/h2-4H,1H3;2-4H,1H3;1H4;1H/i;;;1+1. The quantitative estimate of drug-likeness (QED) is 0.566. The van der Waals surface area contributed by atoms with Gasteiger partial charge in [0.15, 0.2) is 0 Å². The Hall–Kier alpha value is -2.79. The van der Waals surface area contributed by atoms with Crippen molar-refractivity contribution in [1.29, 1.82) is 5.26 Å². The van der Waals surface area contributed by atoms with Crippen molar-refractivity contribution >= 4 is 27.9 Å². The minimum absolute atomic E-state index is 0. The number of hydrogen-bond acceptors (Lipinski definition) is 7. The van der Waals surface area contributed by atoms with Crippen LogP contribution in [0.5, 0.6) is 0 Å². The summed E-state index contributed by atoms with van der Waals surface area (Å²) in [5.74, 6) is -0.818. The Morgan fingerprint density at radius 3 is 2.04 bits per heavy atom. The van der Waals surface area contributed by atoms with Crippen LogP contribution in [-0.4, -0.2) is 36.1 Å². The topological polar surface area (TPSA) is 102 Å². The summed E-state index contributed by atoms with van der Waals surface area (Å²) in [7, 11) is 2.63. The molecular formula is C16H18BrN3O4. The van der Waals surface area contributed by atoms with Crippen molar-refractivity contribution in [2.45, 2.75) is 7.43 Å². The summed E-state index contributed by atoms with van der Waals surface area (Å²) in [6, 6.07) is 7.90. The van der Waals surface area contributed by atoms with E-state index < -0.39 is 5.97 Å². The highest BCUT2D eigenvalue weighted by Crippen LogP contribution is 2.08. The van der Waals surface area contributed by atoms with Crippen molar-refractivity contribution in [2.75, 3.05) is 14.2 Å². The van der Waals surface area contributed by atoms with Gasteiger partial charge in [-0.15, -0.1) is 0 Å². The van der Waals surface area contributed by atoms with Gasteiger partial charge < -0.3 is 9.47 Å². The van der Waals surface area contributed by atoms with Crippen molar-refractivity contribution in [3.05, 3.63) is 58.1 Å². The van der Waals surface area contributed by atoms with Gasteiger partial charge in [0.25, 0.3) is 0 Å². The first kappa shape index (κ1) is 21.2. The Morgan fingerprint density at radius 2 is 1.58 bits per heavy atom. The summed E-state index contributed by atoms with van der Waals surface area (Å²) in [5, 5.41) is 8.45. The Kier molecular flexibility index (Phi) is 9.59. The number of methoxy groups -OCH3 is 2. The Balaban J connectivity index is 0. The number of halogens is 1. The minimum Gasteiger partial charge on any atom is -0.465 e. The van der Waals surface area contributed by atoms with Crippen molar-refractivity contribution in [3.63, 3.8) is 0 Å². The van der Waals surface area contributed by atoms with E-state index in [1.807, 2.05) is 6.07 Å². The van der Waals surface area contributed by atoms with E-state index in [0.717, 1.165) is 0 Å². The van der Waals surface area contributed by atoms with E-state index >= 15 is 0 Å². The number of carbonyl (C=O) groups is 2. The average Bonchev–Trinajstić information content (AvgIpc) is 2.60. The van der Waals surface area contributed by atoms with Gasteiger partial charge >= 0.3 is 11.9 Å². The van der Waals surface area contributed by atoms with Gasteiger partial charge in [-0.25, -0.2) is 19.6 Å². The second-order valence-electron chi connectivity index (χ2n) is 3.89. The molecule has 0 atom stereocenters. The van der Waals surface area contributed by atoms with E-state index in [1.54, 1.807) is 12.1 Å². The maximum Gasteiger partial charge on any atom is 0.338 e. The third kappa shape index (κ3) is 6.54. The first-order chi connectivity index (χ1) is 11.0. The lowest BCUT2D eigenvalue weighted by molar-refractivity contribution is 0.0591.